The van der Waals surface area contributed by atoms with Crippen LogP contribution in [-0.4, -0.2) is 19.9 Å². The van der Waals surface area contributed by atoms with Crippen LogP contribution in [0, 0.1) is 5.92 Å². The molecule has 3 nitrogen and oxygen atoms in total. The van der Waals surface area contributed by atoms with Crippen molar-refractivity contribution in [2.75, 3.05) is 19.9 Å². The number of halogens is 1. The molecule has 0 aromatic heterocycles. The molecule has 1 saturated carbocycles. The lowest BCUT2D eigenvalue weighted by Gasteiger charge is -2.12. The van der Waals surface area contributed by atoms with Gasteiger partial charge in [0, 0.05) is 0 Å². The minimum atomic E-state index is 0.262. The molecule has 0 bridgehead atoms. The van der Waals surface area contributed by atoms with Crippen molar-refractivity contribution in [3.8, 4) is 5.75 Å². The van der Waals surface area contributed by atoms with Gasteiger partial charge in [-0.3, -0.25) is 0 Å². The number of nitrogens with two attached hydrogens (primary N) is 1. The summed E-state index contributed by atoms with van der Waals surface area (Å²) in [5.74, 6) is 1.45. The maximum atomic E-state index is 6.10. The van der Waals surface area contributed by atoms with Crippen LogP contribution in [0.4, 0.5) is 0 Å². The van der Waals surface area contributed by atoms with Gasteiger partial charge in [0.25, 0.3) is 0 Å². The molecule has 0 saturated heterocycles. The monoisotopic (exact) mass is 255 g/mol. The standard InChI is InChI=1S/C13H18ClNO2/c14-12-3-1-2-11(6-7-15)13(12)17-9-16-8-10-4-5-10/h1-3,10H,4-9,15H2. The Bertz CT molecular complexity index is 366. The Morgan fingerprint density at radius 3 is 2.88 bits per heavy atom. The molecule has 0 amide bonds. The predicted octanol–water partition coefficient (Wildman–Crippen LogP) is 2.60. The first kappa shape index (κ1) is 12.7. The van der Waals surface area contributed by atoms with Gasteiger partial charge >= 0.3 is 0 Å². The molecule has 0 atom stereocenters. The molecular formula is C13H18ClNO2. The zero-order chi connectivity index (χ0) is 12.1. The molecule has 1 fully saturated rings. The number of hydrogen-bond acceptors (Lipinski definition) is 3. The number of ether oxygens (including phenoxy) is 2. The number of benzene rings is 1. The van der Waals surface area contributed by atoms with Gasteiger partial charge in [0.15, 0.2) is 6.79 Å². The van der Waals surface area contributed by atoms with E-state index in [9.17, 15) is 0 Å². The molecule has 2 N–H and O–H groups in total. The van der Waals surface area contributed by atoms with E-state index in [0.717, 1.165) is 24.5 Å². The van der Waals surface area contributed by atoms with Crippen LogP contribution in [0.3, 0.4) is 0 Å². The number of rotatable bonds is 7. The summed E-state index contributed by atoms with van der Waals surface area (Å²) in [6.07, 6.45) is 3.33. The lowest BCUT2D eigenvalue weighted by Crippen LogP contribution is -2.09. The number of para-hydroxylation sites is 1. The second kappa shape index (κ2) is 6.24. The Balaban J connectivity index is 1.87. The second-order valence-electron chi connectivity index (χ2n) is 4.34. The van der Waals surface area contributed by atoms with Crippen LogP contribution in [0.2, 0.25) is 5.02 Å². The van der Waals surface area contributed by atoms with E-state index in [2.05, 4.69) is 0 Å². The zero-order valence-corrected chi connectivity index (χ0v) is 10.6. The second-order valence-corrected chi connectivity index (χ2v) is 4.75. The molecule has 0 aliphatic heterocycles. The highest BCUT2D eigenvalue weighted by molar-refractivity contribution is 6.32. The van der Waals surface area contributed by atoms with Gasteiger partial charge in [0.1, 0.15) is 5.75 Å². The van der Waals surface area contributed by atoms with E-state index in [-0.39, 0.29) is 6.79 Å². The third-order valence-electron chi connectivity index (χ3n) is 2.80. The summed E-state index contributed by atoms with van der Waals surface area (Å²) in [5, 5.41) is 0.617. The summed E-state index contributed by atoms with van der Waals surface area (Å²) >= 11 is 6.10. The fourth-order valence-electron chi connectivity index (χ4n) is 1.67. The van der Waals surface area contributed by atoms with Crippen LogP contribution in [0.25, 0.3) is 0 Å². The van der Waals surface area contributed by atoms with Crippen molar-refractivity contribution in [3.05, 3.63) is 28.8 Å². The van der Waals surface area contributed by atoms with Crippen molar-refractivity contribution in [1.82, 2.24) is 0 Å². The van der Waals surface area contributed by atoms with Crippen molar-refractivity contribution in [1.29, 1.82) is 0 Å². The summed E-state index contributed by atoms with van der Waals surface area (Å²) in [5.41, 5.74) is 6.59. The summed E-state index contributed by atoms with van der Waals surface area (Å²) < 4.78 is 11.0. The highest BCUT2D eigenvalue weighted by Gasteiger charge is 2.21. The molecule has 0 spiro atoms. The summed E-state index contributed by atoms with van der Waals surface area (Å²) in [7, 11) is 0. The summed E-state index contributed by atoms with van der Waals surface area (Å²) in [6.45, 7) is 1.63. The maximum absolute atomic E-state index is 6.10. The molecule has 17 heavy (non-hydrogen) atoms. The molecule has 0 radical (unpaired) electrons. The third-order valence-corrected chi connectivity index (χ3v) is 3.10. The van der Waals surface area contributed by atoms with Crippen molar-refractivity contribution >= 4 is 11.6 Å². The molecule has 1 aliphatic rings. The Morgan fingerprint density at radius 1 is 1.35 bits per heavy atom. The van der Waals surface area contributed by atoms with E-state index in [1.165, 1.54) is 12.8 Å². The van der Waals surface area contributed by atoms with Crippen LogP contribution in [-0.2, 0) is 11.2 Å². The topological polar surface area (TPSA) is 44.5 Å². The molecule has 4 heteroatoms. The first-order valence-corrected chi connectivity index (χ1v) is 6.37. The van der Waals surface area contributed by atoms with Crippen LogP contribution in [0.1, 0.15) is 18.4 Å². The Kier molecular flexibility index (Phi) is 4.66. The Hall–Kier alpha value is -0.770. The lowest BCUT2D eigenvalue weighted by atomic mass is 10.1. The fourth-order valence-corrected chi connectivity index (χ4v) is 1.92. The van der Waals surface area contributed by atoms with Gasteiger partial charge in [-0.25, -0.2) is 0 Å². The van der Waals surface area contributed by atoms with Crippen molar-refractivity contribution in [2.45, 2.75) is 19.3 Å². The van der Waals surface area contributed by atoms with E-state index >= 15 is 0 Å². The van der Waals surface area contributed by atoms with Gasteiger partial charge < -0.3 is 15.2 Å². The normalized spacial score (nSPS) is 14.9. The molecule has 1 aliphatic carbocycles. The van der Waals surface area contributed by atoms with Gasteiger partial charge in [0.2, 0.25) is 0 Å². The van der Waals surface area contributed by atoms with Crippen LogP contribution in [0.5, 0.6) is 5.75 Å². The quantitative estimate of drug-likeness (QED) is 0.602. The number of hydrogen-bond donors (Lipinski definition) is 1. The van der Waals surface area contributed by atoms with Gasteiger partial charge in [0.05, 0.1) is 11.6 Å². The van der Waals surface area contributed by atoms with E-state index in [4.69, 9.17) is 26.8 Å². The average molecular weight is 256 g/mol. The first-order valence-electron chi connectivity index (χ1n) is 5.99. The molecule has 0 unspecified atom stereocenters. The molecule has 1 aromatic rings. The summed E-state index contributed by atoms with van der Waals surface area (Å²) in [6, 6.07) is 5.71. The zero-order valence-electron chi connectivity index (χ0n) is 9.82. The van der Waals surface area contributed by atoms with E-state index in [1.807, 2.05) is 18.2 Å². The molecule has 1 aromatic carbocycles. The van der Waals surface area contributed by atoms with Gasteiger partial charge in [-0.2, -0.15) is 0 Å². The van der Waals surface area contributed by atoms with E-state index < -0.39 is 0 Å². The molecule has 0 heterocycles. The lowest BCUT2D eigenvalue weighted by molar-refractivity contribution is 0.00953. The fraction of sp³-hybridized carbons (Fsp3) is 0.538. The third kappa shape index (κ3) is 3.87. The Morgan fingerprint density at radius 2 is 2.18 bits per heavy atom. The molecular weight excluding hydrogens is 238 g/mol. The predicted molar refractivity (Wildman–Crippen MR) is 68.4 cm³/mol. The molecule has 94 valence electrons. The van der Waals surface area contributed by atoms with Crippen LogP contribution < -0.4 is 10.5 Å². The smallest absolute Gasteiger partial charge is 0.189 e. The summed E-state index contributed by atoms with van der Waals surface area (Å²) in [4.78, 5) is 0. The molecule has 2 rings (SSSR count). The van der Waals surface area contributed by atoms with Crippen LogP contribution >= 0.6 is 11.6 Å². The van der Waals surface area contributed by atoms with Crippen molar-refractivity contribution in [3.63, 3.8) is 0 Å². The average Bonchev–Trinajstić information content (AvgIpc) is 3.11. The maximum Gasteiger partial charge on any atom is 0.189 e. The largest absolute Gasteiger partial charge is 0.466 e. The van der Waals surface area contributed by atoms with Gasteiger partial charge in [-0.1, -0.05) is 23.7 Å². The first-order chi connectivity index (χ1) is 8.31. The van der Waals surface area contributed by atoms with Crippen LogP contribution in [0.15, 0.2) is 18.2 Å². The van der Waals surface area contributed by atoms with Crippen molar-refractivity contribution < 1.29 is 9.47 Å². The highest BCUT2D eigenvalue weighted by Crippen LogP contribution is 2.30. The minimum absolute atomic E-state index is 0.262. The van der Waals surface area contributed by atoms with Gasteiger partial charge in [-0.15, -0.1) is 0 Å². The SMILES string of the molecule is NCCc1cccc(Cl)c1OCOCC1CC1. The minimum Gasteiger partial charge on any atom is -0.466 e. The van der Waals surface area contributed by atoms with Crippen molar-refractivity contribution in [2.24, 2.45) is 11.7 Å². The highest BCUT2D eigenvalue weighted by atomic mass is 35.5. The Labute approximate surface area is 107 Å². The van der Waals surface area contributed by atoms with E-state index in [1.54, 1.807) is 0 Å². The van der Waals surface area contributed by atoms with E-state index in [0.29, 0.717) is 17.3 Å². The van der Waals surface area contributed by atoms with Gasteiger partial charge in [-0.05, 0) is 43.4 Å².